The van der Waals surface area contributed by atoms with Crippen LogP contribution in [0.15, 0.2) is 85.1 Å². The maximum Gasteiger partial charge on any atom is 0.260 e. The van der Waals surface area contributed by atoms with E-state index >= 15 is 0 Å². The standard InChI is InChI=1S/C26H22N6O/c1-2-18-3-4-25-29-21(17-32(25)13-18)16-30-10-7-22-23(26(30)33)11-28-12-24(22)31-14-20(15-31)19-5-8-27-9-6-19/h2-13,17,20H,1,14-16H2. The molecule has 0 radical (unpaired) electrons. The van der Waals surface area contributed by atoms with Crippen molar-refractivity contribution in [2.75, 3.05) is 18.0 Å². The molecule has 6 heterocycles. The van der Waals surface area contributed by atoms with Gasteiger partial charge in [-0.3, -0.25) is 14.8 Å². The smallest absolute Gasteiger partial charge is 0.260 e. The van der Waals surface area contributed by atoms with E-state index < -0.39 is 0 Å². The van der Waals surface area contributed by atoms with Crippen LogP contribution in [-0.4, -0.2) is 37.0 Å². The maximum absolute atomic E-state index is 13.3. The van der Waals surface area contributed by atoms with Gasteiger partial charge in [-0.1, -0.05) is 12.7 Å². The second-order valence-electron chi connectivity index (χ2n) is 8.42. The van der Waals surface area contributed by atoms with E-state index in [4.69, 9.17) is 0 Å². The van der Waals surface area contributed by atoms with Gasteiger partial charge in [-0.15, -0.1) is 0 Å². The van der Waals surface area contributed by atoms with Crippen molar-refractivity contribution in [2.45, 2.75) is 12.5 Å². The first-order chi connectivity index (χ1) is 16.2. The van der Waals surface area contributed by atoms with Crippen molar-refractivity contribution in [3.8, 4) is 0 Å². The summed E-state index contributed by atoms with van der Waals surface area (Å²) < 4.78 is 3.65. The monoisotopic (exact) mass is 434 g/mol. The third-order valence-corrected chi connectivity index (χ3v) is 6.37. The van der Waals surface area contributed by atoms with E-state index in [0.29, 0.717) is 17.8 Å². The molecule has 1 fully saturated rings. The molecule has 1 aliphatic heterocycles. The van der Waals surface area contributed by atoms with E-state index in [1.165, 1.54) is 5.56 Å². The van der Waals surface area contributed by atoms with Gasteiger partial charge in [0, 0.05) is 61.6 Å². The third-order valence-electron chi connectivity index (χ3n) is 6.37. The summed E-state index contributed by atoms with van der Waals surface area (Å²) in [7, 11) is 0. The van der Waals surface area contributed by atoms with Gasteiger partial charge in [-0.05, 0) is 41.5 Å². The molecule has 162 valence electrons. The Morgan fingerprint density at radius 1 is 1.00 bits per heavy atom. The number of hydrogen-bond donors (Lipinski definition) is 0. The third kappa shape index (κ3) is 3.38. The van der Waals surface area contributed by atoms with Gasteiger partial charge in [0.25, 0.3) is 5.56 Å². The Kier molecular flexibility index (Phi) is 4.54. The minimum atomic E-state index is -0.0584. The summed E-state index contributed by atoms with van der Waals surface area (Å²) >= 11 is 0. The van der Waals surface area contributed by atoms with Gasteiger partial charge in [0.2, 0.25) is 0 Å². The first kappa shape index (κ1) is 19.4. The van der Waals surface area contributed by atoms with Crippen molar-refractivity contribution in [3.05, 3.63) is 107 Å². The SMILES string of the molecule is C=Cc1ccc2nc(Cn3ccc4c(N5CC(c6ccncc6)C5)cncc4c3=O)cn2c1. The first-order valence-corrected chi connectivity index (χ1v) is 10.9. The van der Waals surface area contributed by atoms with Crippen molar-refractivity contribution >= 4 is 28.2 Å². The number of rotatable bonds is 5. The zero-order valence-electron chi connectivity index (χ0n) is 18.0. The number of nitrogens with zero attached hydrogens (tertiary/aromatic N) is 6. The van der Waals surface area contributed by atoms with Gasteiger partial charge >= 0.3 is 0 Å². The number of aromatic nitrogens is 5. The molecular weight excluding hydrogens is 412 g/mol. The van der Waals surface area contributed by atoms with Gasteiger partial charge < -0.3 is 13.9 Å². The van der Waals surface area contributed by atoms with Gasteiger partial charge in [0.05, 0.1) is 29.5 Å². The van der Waals surface area contributed by atoms with Crippen LogP contribution in [0.25, 0.3) is 22.5 Å². The number of imidazole rings is 1. The predicted octanol–water partition coefficient (Wildman–Crippen LogP) is 3.73. The molecule has 7 heteroatoms. The van der Waals surface area contributed by atoms with Gasteiger partial charge in [0.1, 0.15) is 5.65 Å². The van der Waals surface area contributed by atoms with Crippen LogP contribution in [0.1, 0.15) is 22.7 Å². The van der Waals surface area contributed by atoms with E-state index in [1.54, 1.807) is 16.8 Å². The molecule has 33 heavy (non-hydrogen) atoms. The summed E-state index contributed by atoms with van der Waals surface area (Å²) in [6, 6.07) is 10.1. The molecule has 5 aromatic heterocycles. The van der Waals surface area contributed by atoms with Gasteiger partial charge in [-0.25, -0.2) is 4.98 Å². The Morgan fingerprint density at radius 3 is 2.67 bits per heavy atom. The number of pyridine rings is 4. The summed E-state index contributed by atoms with van der Waals surface area (Å²) in [5.41, 5.74) is 4.93. The molecule has 0 bridgehead atoms. The highest BCUT2D eigenvalue weighted by atomic mass is 16.1. The lowest BCUT2D eigenvalue weighted by molar-refractivity contribution is 0.525. The topological polar surface area (TPSA) is 68.3 Å². The Balaban J connectivity index is 1.29. The van der Waals surface area contributed by atoms with Crippen molar-refractivity contribution in [1.82, 2.24) is 23.9 Å². The van der Waals surface area contributed by atoms with Crippen molar-refractivity contribution in [1.29, 1.82) is 0 Å². The van der Waals surface area contributed by atoms with E-state index in [1.807, 2.05) is 59.8 Å². The molecule has 1 saturated heterocycles. The molecule has 0 atom stereocenters. The zero-order valence-corrected chi connectivity index (χ0v) is 18.0. The Bertz CT molecular complexity index is 1550. The fourth-order valence-corrected chi connectivity index (χ4v) is 4.52. The van der Waals surface area contributed by atoms with Crippen molar-refractivity contribution in [2.24, 2.45) is 0 Å². The predicted molar refractivity (Wildman–Crippen MR) is 130 cm³/mol. The maximum atomic E-state index is 13.3. The van der Waals surface area contributed by atoms with E-state index in [-0.39, 0.29) is 5.56 Å². The highest BCUT2D eigenvalue weighted by Crippen LogP contribution is 2.34. The van der Waals surface area contributed by atoms with Gasteiger partial charge in [0.15, 0.2) is 0 Å². The molecule has 0 N–H and O–H groups in total. The summed E-state index contributed by atoms with van der Waals surface area (Å²) in [5, 5.41) is 1.56. The molecule has 5 aromatic rings. The van der Waals surface area contributed by atoms with Crippen LogP contribution in [0.2, 0.25) is 0 Å². The quantitative estimate of drug-likeness (QED) is 0.422. The molecule has 6 rings (SSSR count). The van der Waals surface area contributed by atoms with Crippen LogP contribution in [0.3, 0.4) is 0 Å². The fourth-order valence-electron chi connectivity index (χ4n) is 4.52. The summed E-state index contributed by atoms with van der Waals surface area (Å²) in [4.78, 5) is 28.7. The lowest BCUT2D eigenvalue weighted by atomic mass is 9.91. The number of hydrogen-bond acceptors (Lipinski definition) is 5. The lowest BCUT2D eigenvalue weighted by Gasteiger charge is -2.41. The zero-order chi connectivity index (χ0) is 22.4. The summed E-state index contributed by atoms with van der Waals surface area (Å²) in [6.07, 6.45) is 14.8. The summed E-state index contributed by atoms with van der Waals surface area (Å²) in [6.45, 7) is 6.02. The largest absolute Gasteiger partial charge is 0.368 e. The molecule has 0 aromatic carbocycles. The highest BCUT2D eigenvalue weighted by Gasteiger charge is 2.29. The Morgan fingerprint density at radius 2 is 1.85 bits per heavy atom. The summed E-state index contributed by atoms with van der Waals surface area (Å²) in [5.74, 6) is 0.472. The van der Waals surface area contributed by atoms with E-state index in [2.05, 4.69) is 38.6 Å². The second kappa shape index (κ2) is 7.70. The molecule has 0 saturated carbocycles. The van der Waals surface area contributed by atoms with E-state index in [0.717, 1.165) is 41.1 Å². The minimum absolute atomic E-state index is 0.0584. The minimum Gasteiger partial charge on any atom is -0.368 e. The lowest BCUT2D eigenvalue weighted by Crippen LogP contribution is -2.45. The first-order valence-electron chi connectivity index (χ1n) is 10.9. The van der Waals surface area contributed by atoms with Crippen LogP contribution in [-0.2, 0) is 6.54 Å². The Hall–Kier alpha value is -4.26. The van der Waals surface area contributed by atoms with Crippen LogP contribution >= 0.6 is 0 Å². The van der Waals surface area contributed by atoms with Crippen LogP contribution in [0.5, 0.6) is 0 Å². The molecule has 1 aliphatic rings. The van der Waals surface area contributed by atoms with E-state index in [9.17, 15) is 4.79 Å². The molecule has 0 spiro atoms. The van der Waals surface area contributed by atoms with Crippen molar-refractivity contribution < 1.29 is 0 Å². The van der Waals surface area contributed by atoms with Crippen LogP contribution < -0.4 is 10.5 Å². The second-order valence-corrected chi connectivity index (χ2v) is 8.42. The molecular formula is C26H22N6O. The average molecular weight is 435 g/mol. The molecule has 7 nitrogen and oxygen atoms in total. The normalized spacial score (nSPS) is 14.0. The Labute approximate surface area is 190 Å². The highest BCUT2D eigenvalue weighted by molar-refractivity contribution is 5.93. The fraction of sp³-hybridized carbons (Fsp3) is 0.154. The average Bonchev–Trinajstić information content (AvgIpc) is 3.22. The molecule has 0 aliphatic carbocycles. The van der Waals surface area contributed by atoms with Crippen LogP contribution in [0.4, 0.5) is 5.69 Å². The van der Waals surface area contributed by atoms with Gasteiger partial charge in [-0.2, -0.15) is 0 Å². The number of fused-ring (bicyclic) bond motifs is 2. The molecule has 0 unspecified atom stereocenters. The van der Waals surface area contributed by atoms with Crippen LogP contribution in [0, 0.1) is 0 Å². The number of anilines is 1. The molecule has 0 amide bonds. The van der Waals surface area contributed by atoms with Crippen molar-refractivity contribution in [3.63, 3.8) is 0 Å².